The molecule has 1 atom stereocenters. The number of para-hydroxylation sites is 2. The molecule has 4 rings (SSSR count). The second kappa shape index (κ2) is 8.83. The van der Waals surface area contributed by atoms with Crippen molar-refractivity contribution in [3.05, 3.63) is 54.5 Å². The third-order valence-electron chi connectivity index (χ3n) is 5.65. The van der Waals surface area contributed by atoms with Gasteiger partial charge in [0.15, 0.2) is 0 Å². The number of hydrogen-bond acceptors (Lipinski definition) is 5. The summed E-state index contributed by atoms with van der Waals surface area (Å²) in [5.74, 6) is 1.67. The normalized spacial score (nSPS) is 19.2. The number of fused-ring (bicyclic) bond motifs is 1. The van der Waals surface area contributed by atoms with Crippen LogP contribution in [0.4, 0.5) is 5.82 Å². The number of hydrogen-bond donors (Lipinski definition) is 2. The average molecular weight is 408 g/mol. The molecule has 7 heteroatoms. The van der Waals surface area contributed by atoms with Crippen LogP contribution in [0.15, 0.2) is 48.7 Å². The molecule has 7 nitrogen and oxygen atoms in total. The third kappa shape index (κ3) is 4.46. The number of nitrogens with one attached hydrogen (secondary N) is 1. The number of benzene rings is 1. The van der Waals surface area contributed by atoms with Crippen molar-refractivity contribution in [3.8, 4) is 0 Å². The van der Waals surface area contributed by atoms with E-state index in [-0.39, 0.29) is 19.0 Å². The largest absolute Gasteiger partial charge is 0.386 e. The molecule has 0 spiro atoms. The van der Waals surface area contributed by atoms with Crippen LogP contribution in [0.25, 0.3) is 11.0 Å². The molecular formula is C23H29N5O2. The number of anilines is 1. The lowest BCUT2D eigenvalue weighted by Crippen LogP contribution is -2.54. The Balaban J connectivity index is 1.41. The number of amides is 1. The molecular weight excluding hydrogens is 378 g/mol. The Morgan fingerprint density at radius 2 is 2.07 bits per heavy atom. The maximum Gasteiger partial charge on any atom is 0.240 e. The molecule has 3 heterocycles. The molecule has 3 aromatic rings. The molecule has 158 valence electrons. The van der Waals surface area contributed by atoms with Gasteiger partial charge in [-0.25, -0.2) is 9.97 Å². The van der Waals surface area contributed by atoms with Crippen LogP contribution < -0.4 is 10.2 Å². The van der Waals surface area contributed by atoms with E-state index in [0.717, 1.165) is 48.5 Å². The summed E-state index contributed by atoms with van der Waals surface area (Å²) in [5, 5.41) is 14.0. The van der Waals surface area contributed by atoms with Gasteiger partial charge in [0, 0.05) is 32.3 Å². The Hall–Kier alpha value is -2.93. The van der Waals surface area contributed by atoms with Gasteiger partial charge in [-0.05, 0) is 43.5 Å². The van der Waals surface area contributed by atoms with E-state index in [1.54, 1.807) is 6.20 Å². The fourth-order valence-corrected chi connectivity index (χ4v) is 4.17. The fraction of sp³-hybridized carbons (Fsp3) is 0.435. The molecule has 1 aromatic carbocycles. The van der Waals surface area contributed by atoms with Crippen molar-refractivity contribution in [2.24, 2.45) is 0 Å². The van der Waals surface area contributed by atoms with Gasteiger partial charge in [-0.2, -0.15) is 0 Å². The number of carbonyl (C=O) groups is 1. The van der Waals surface area contributed by atoms with Gasteiger partial charge in [0.1, 0.15) is 18.2 Å². The third-order valence-corrected chi connectivity index (χ3v) is 5.65. The number of carbonyl (C=O) groups excluding carboxylic acids is 1. The molecule has 1 saturated heterocycles. The van der Waals surface area contributed by atoms with Crippen LogP contribution >= 0.6 is 0 Å². The van der Waals surface area contributed by atoms with E-state index in [9.17, 15) is 9.90 Å². The number of pyridine rings is 1. The molecule has 30 heavy (non-hydrogen) atoms. The summed E-state index contributed by atoms with van der Waals surface area (Å²) < 4.78 is 1.99. The predicted molar refractivity (Wildman–Crippen MR) is 117 cm³/mol. The minimum Gasteiger partial charge on any atom is -0.386 e. The highest BCUT2D eigenvalue weighted by Crippen LogP contribution is 2.24. The summed E-state index contributed by atoms with van der Waals surface area (Å²) in [5.41, 5.74) is 0.911. The lowest BCUT2D eigenvalue weighted by Gasteiger charge is -2.39. The van der Waals surface area contributed by atoms with E-state index in [1.165, 1.54) is 0 Å². The smallest absolute Gasteiger partial charge is 0.240 e. The maximum absolute atomic E-state index is 12.8. The van der Waals surface area contributed by atoms with E-state index in [4.69, 9.17) is 0 Å². The summed E-state index contributed by atoms with van der Waals surface area (Å²) in [6.45, 7) is 3.85. The Kier molecular flexibility index (Phi) is 5.99. The van der Waals surface area contributed by atoms with Crippen LogP contribution in [-0.4, -0.2) is 50.8 Å². The van der Waals surface area contributed by atoms with Crippen LogP contribution in [0.5, 0.6) is 0 Å². The van der Waals surface area contributed by atoms with Gasteiger partial charge in [0.25, 0.3) is 0 Å². The summed E-state index contributed by atoms with van der Waals surface area (Å²) in [7, 11) is 0. The standard InChI is InChI=1S/C23H29N5O2/c1-2-8-21-26-18-9-3-4-10-19(18)28(21)15-22(29)25-16-23(30)12-7-14-27(17-23)20-11-5-6-13-24-20/h3-6,9-11,13,30H,2,7-8,12,14-17H2,1H3,(H,25,29). The van der Waals surface area contributed by atoms with Crippen molar-refractivity contribution in [1.29, 1.82) is 0 Å². The summed E-state index contributed by atoms with van der Waals surface area (Å²) in [6, 6.07) is 13.7. The van der Waals surface area contributed by atoms with E-state index >= 15 is 0 Å². The number of aromatic nitrogens is 3. The first-order chi connectivity index (χ1) is 14.6. The Morgan fingerprint density at radius 3 is 2.87 bits per heavy atom. The number of rotatable bonds is 7. The zero-order valence-electron chi connectivity index (χ0n) is 17.4. The minimum atomic E-state index is -0.964. The van der Waals surface area contributed by atoms with E-state index in [2.05, 4.69) is 27.1 Å². The molecule has 1 amide bonds. The summed E-state index contributed by atoms with van der Waals surface area (Å²) in [6.07, 6.45) is 5.06. The van der Waals surface area contributed by atoms with Gasteiger partial charge >= 0.3 is 0 Å². The van der Waals surface area contributed by atoms with Gasteiger partial charge in [0.2, 0.25) is 5.91 Å². The number of piperidine rings is 1. The Morgan fingerprint density at radius 1 is 1.23 bits per heavy atom. The maximum atomic E-state index is 12.8. The highest BCUT2D eigenvalue weighted by molar-refractivity contribution is 5.81. The molecule has 2 N–H and O–H groups in total. The molecule has 0 saturated carbocycles. The average Bonchev–Trinajstić information content (AvgIpc) is 3.10. The lowest BCUT2D eigenvalue weighted by molar-refractivity contribution is -0.123. The first kappa shape index (κ1) is 20.3. The first-order valence-corrected chi connectivity index (χ1v) is 10.7. The van der Waals surface area contributed by atoms with Crippen LogP contribution in [0.3, 0.4) is 0 Å². The van der Waals surface area contributed by atoms with Crippen molar-refractivity contribution in [2.75, 3.05) is 24.5 Å². The highest BCUT2D eigenvalue weighted by Gasteiger charge is 2.34. The quantitative estimate of drug-likeness (QED) is 0.629. The van der Waals surface area contributed by atoms with Crippen molar-refractivity contribution in [2.45, 2.75) is 44.8 Å². The minimum absolute atomic E-state index is 0.112. The molecule has 1 fully saturated rings. The molecule has 1 unspecified atom stereocenters. The number of nitrogens with zero attached hydrogens (tertiary/aromatic N) is 4. The SMILES string of the molecule is CCCc1nc2ccccc2n1CC(=O)NCC1(O)CCCN(c2ccccn2)C1. The summed E-state index contributed by atoms with van der Waals surface area (Å²) in [4.78, 5) is 23.9. The molecule has 2 aromatic heterocycles. The second-order valence-electron chi connectivity index (χ2n) is 8.07. The number of imidazole rings is 1. The van der Waals surface area contributed by atoms with Crippen LogP contribution in [0, 0.1) is 0 Å². The van der Waals surface area contributed by atoms with Crippen LogP contribution in [0.2, 0.25) is 0 Å². The van der Waals surface area contributed by atoms with Crippen molar-refractivity contribution in [3.63, 3.8) is 0 Å². The van der Waals surface area contributed by atoms with Crippen molar-refractivity contribution >= 4 is 22.8 Å². The molecule has 1 aliphatic rings. The topological polar surface area (TPSA) is 83.3 Å². The van der Waals surface area contributed by atoms with Crippen LogP contribution in [0.1, 0.15) is 32.0 Å². The molecule has 0 aliphatic carbocycles. The number of aryl methyl sites for hydroxylation is 1. The van der Waals surface area contributed by atoms with Crippen molar-refractivity contribution in [1.82, 2.24) is 19.9 Å². The van der Waals surface area contributed by atoms with Gasteiger partial charge in [-0.15, -0.1) is 0 Å². The molecule has 0 bridgehead atoms. The van der Waals surface area contributed by atoms with E-state index in [1.807, 2.05) is 47.0 Å². The zero-order valence-corrected chi connectivity index (χ0v) is 17.4. The van der Waals surface area contributed by atoms with Gasteiger partial charge in [0.05, 0.1) is 16.6 Å². The second-order valence-corrected chi connectivity index (χ2v) is 8.07. The first-order valence-electron chi connectivity index (χ1n) is 10.7. The lowest BCUT2D eigenvalue weighted by atomic mass is 9.92. The van der Waals surface area contributed by atoms with Crippen molar-refractivity contribution < 1.29 is 9.90 Å². The monoisotopic (exact) mass is 407 g/mol. The van der Waals surface area contributed by atoms with E-state index in [0.29, 0.717) is 13.0 Å². The van der Waals surface area contributed by atoms with Gasteiger partial charge in [-0.3, -0.25) is 4.79 Å². The number of aliphatic hydroxyl groups is 1. The van der Waals surface area contributed by atoms with Gasteiger partial charge in [-0.1, -0.05) is 25.1 Å². The molecule has 1 aliphatic heterocycles. The fourth-order valence-electron chi connectivity index (χ4n) is 4.17. The van der Waals surface area contributed by atoms with E-state index < -0.39 is 5.60 Å². The number of β-amino-alcohol motifs (C(OH)–C–C–N with tert-alkyl or cyclic N) is 1. The Labute approximate surface area is 176 Å². The van der Waals surface area contributed by atoms with Gasteiger partial charge < -0.3 is 19.9 Å². The summed E-state index contributed by atoms with van der Waals surface area (Å²) >= 11 is 0. The zero-order chi connectivity index (χ0) is 21.0. The van der Waals surface area contributed by atoms with Crippen LogP contribution in [-0.2, 0) is 17.8 Å². The predicted octanol–water partition coefficient (Wildman–Crippen LogP) is 2.53. The Bertz CT molecular complexity index is 1000. The highest BCUT2D eigenvalue weighted by atomic mass is 16.3. The molecule has 0 radical (unpaired) electrons.